The molecule has 0 saturated carbocycles. The lowest BCUT2D eigenvalue weighted by molar-refractivity contribution is 0.155. The number of hydrogen-bond acceptors (Lipinski definition) is 4. The molecule has 0 aliphatic carbocycles. The van der Waals surface area contributed by atoms with E-state index in [9.17, 15) is 0 Å². The van der Waals surface area contributed by atoms with E-state index in [4.69, 9.17) is 9.72 Å². The molecule has 1 aliphatic rings. The van der Waals surface area contributed by atoms with Crippen molar-refractivity contribution in [3.05, 3.63) is 61.0 Å². The highest BCUT2D eigenvalue weighted by molar-refractivity contribution is 5.93. The quantitative estimate of drug-likeness (QED) is 0.517. The van der Waals surface area contributed by atoms with E-state index in [0.717, 1.165) is 41.3 Å². The third kappa shape index (κ3) is 4.76. The Balaban J connectivity index is 1.53. The molecule has 4 heteroatoms. The number of benzene rings is 2. The minimum atomic E-state index is 0.677. The zero-order valence-electron chi connectivity index (χ0n) is 18.1. The van der Waals surface area contributed by atoms with Crippen molar-refractivity contribution in [2.45, 2.75) is 38.6 Å². The third-order valence-electron chi connectivity index (χ3n) is 6.06. The summed E-state index contributed by atoms with van der Waals surface area (Å²) in [6, 6.07) is 19.4. The van der Waals surface area contributed by atoms with Gasteiger partial charge in [0.1, 0.15) is 5.75 Å². The number of hydrogen-bond donors (Lipinski definition) is 1. The number of piperidine rings is 1. The number of anilines is 1. The van der Waals surface area contributed by atoms with Gasteiger partial charge in [0.15, 0.2) is 0 Å². The lowest BCUT2D eigenvalue weighted by Gasteiger charge is -2.35. The molecule has 4 rings (SSSR count). The Bertz CT molecular complexity index is 952. The summed E-state index contributed by atoms with van der Waals surface area (Å²) < 4.78 is 5.30. The summed E-state index contributed by atoms with van der Waals surface area (Å²) in [7, 11) is 1.69. The molecule has 0 spiro atoms. The van der Waals surface area contributed by atoms with E-state index >= 15 is 0 Å². The molecule has 0 amide bonds. The summed E-state index contributed by atoms with van der Waals surface area (Å²) in [5.41, 5.74) is 4.27. The van der Waals surface area contributed by atoms with Crippen LogP contribution in [0.4, 0.5) is 5.69 Å². The molecular formula is C26H32N3O. The number of aromatic nitrogens is 1. The summed E-state index contributed by atoms with van der Waals surface area (Å²) in [6.07, 6.45) is 7.44. The molecule has 4 nitrogen and oxygen atoms in total. The van der Waals surface area contributed by atoms with Gasteiger partial charge in [-0.1, -0.05) is 31.5 Å². The molecule has 1 saturated heterocycles. The monoisotopic (exact) mass is 402 g/mol. The summed E-state index contributed by atoms with van der Waals surface area (Å²) >= 11 is 0. The highest BCUT2D eigenvalue weighted by Crippen LogP contribution is 2.29. The molecule has 1 aromatic heterocycles. The minimum absolute atomic E-state index is 0.677. The van der Waals surface area contributed by atoms with Gasteiger partial charge in [-0.2, -0.15) is 0 Å². The van der Waals surface area contributed by atoms with Gasteiger partial charge < -0.3 is 15.0 Å². The highest BCUT2D eigenvalue weighted by atomic mass is 16.5. The first kappa shape index (κ1) is 20.7. The first-order valence-electron chi connectivity index (χ1n) is 11.1. The Morgan fingerprint density at radius 2 is 1.97 bits per heavy atom. The van der Waals surface area contributed by atoms with Gasteiger partial charge in [0, 0.05) is 35.8 Å². The van der Waals surface area contributed by atoms with E-state index in [1.807, 2.05) is 12.1 Å². The fourth-order valence-electron chi connectivity index (χ4n) is 4.47. The summed E-state index contributed by atoms with van der Waals surface area (Å²) in [5.74, 6) is 0.860. The number of rotatable bonds is 8. The van der Waals surface area contributed by atoms with Gasteiger partial charge >= 0.3 is 0 Å². The molecule has 1 aliphatic heterocycles. The fraction of sp³-hybridized carbons (Fsp3) is 0.385. The predicted molar refractivity (Wildman–Crippen MR) is 126 cm³/mol. The summed E-state index contributed by atoms with van der Waals surface area (Å²) in [6.45, 7) is 5.47. The number of ether oxygens (including phenoxy) is 1. The van der Waals surface area contributed by atoms with E-state index in [0.29, 0.717) is 6.04 Å². The highest BCUT2D eigenvalue weighted by Gasteiger charge is 2.21. The zero-order valence-corrected chi connectivity index (χ0v) is 18.1. The smallest absolute Gasteiger partial charge is 0.118 e. The predicted octanol–water partition coefficient (Wildman–Crippen LogP) is 5.79. The fourth-order valence-corrected chi connectivity index (χ4v) is 4.47. The van der Waals surface area contributed by atoms with Crippen LogP contribution >= 0.6 is 0 Å². The van der Waals surface area contributed by atoms with Crippen molar-refractivity contribution in [3.8, 4) is 17.0 Å². The van der Waals surface area contributed by atoms with Crippen molar-refractivity contribution in [1.82, 2.24) is 9.88 Å². The van der Waals surface area contributed by atoms with Gasteiger partial charge in [0.2, 0.25) is 0 Å². The molecule has 1 N–H and O–H groups in total. The van der Waals surface area contributed by atoms with Crippen LogP contribution in [-0.4, -0.2) is 42.7 Å². The molecule has 0 bridgehead atoms. The van der Waals surface area contributed by atoms with Crippen molar-refractivity contribution in [1.29, 1.82) is 0 Å². The van der Waals surface area contributed by atoms with Crippen molar-refractivity contribution >= 4 is 16.6 Å². The Morgan fingerprint density at radius 1 is 1.13 bits per heavy atom. The number of para-hydroxylation sites is 1. The van der Waals surface area contributed by atoms with Crippen LogP contribution < -0.4 is 10.1 Å². The number of methoxy groups -OCH3 is 1. The van der Waals surface area contributed by atoms with Gasteiger partial charge in [-0.3, -0.25) is 0 Å². The van der Waals surface area contributed by atoms with Crippen LogP contribution in [0, 0.1) is 6.42 Å². The zero-order chi connectivity index (χ0) is 20.8. The van der Waals surface area contributed by atoms with E-state index < -0.39 is 0 Å². The molecule has 1 unspecified atom stereocenters. The van der Waals surface area contributed by atoms with Crippen LogP contribution in [0.25, 0.3) is 22.2 Å². The standard InChI is InChI=1S/C26H32N3O/c1-3-17-29-18-7-6-8-21(29)15-16-27-26-19-25(20-11-13-22(30-2)14-12-20)28-24-10-5-4-9-23(24)26/h3-5,9-14,19,21H,6-8,15-18H2,1-2H3,(H,27,28). The maximum atomic E-state index is 5.30. The number of nitrogens with zero attached hydrogens (tertiary/aromatic N) is 2. The second kappa shape index (κ2) is 9.94. The van der Waals surface area contributed by atoms with E-state index in [2.05, 4.69) is 66.0 Å². The molecular weight excluding hydrogens is 370 g/mol. The summed E-state index contributed by atoms with van der Waals surface area (Å²) in [5, 5.41) is 4.91. The Labute approximate surface area is 180 Å². The topological polar surface area (TPSA) is 37.4 Å². The van der Waals surface area contributed by atoms with Crippen molar-refractivity contribution < 1.29 is 4.74 Å². The average molecular weight is 403 g/mol. The van der Waals surface area contributed by atoms with Crippen molar-refractivity contribution in [2.24, 2.45) is 0 Å². The first-order chi connectivity index (χ1) is 14.8. The molecule has 1 atom stereocenters. The Morgan fingerprint density at radius 3 is 2.77 bits per heavy atom. The van der Waals surface area contributed by atoms with Gasteiger partial charge in [-0.05, 0) is 68.6 Å². The van der Waals surface area contributed by atoms with Crippen molar-refractivity contribution in [2.75, 3.05) is 32.1 Å². The normalized spacial score (nSPS) is 17.2. The van der Waals surface area contributed by atoms with Crippen molar-refractivity contribution in [3.63, 3.8) is 0 Å². The molecule has 1 radical (unpaired) electrons. The molecule has 2 aromatic carbocycles. The molecule has 30 heavy (non-hydrogen) atoms. The average Bonchev–Trinajstić information content (AvgIpc) is 2.80. The third-order valence-corrected chi connectivity index (χ3v) is 6.06. The number of likely N-dealkylation sites (tertiary alicyclic amines) is 1. The molecule has 3 aromatic rings. The number of nitrogens with one attached hydrogen (secondary N) is 1. The molecule has 2 heterocycles. The van der Waals surface area contributed by atoms with E-state index in [1.165, 1.54) is 37.6 Å². The maximum absolute atomic E-state index is 5.30. The van der Waals surface area contributed by atoms with E-state index in [1.54, 1.807) is 7.11 Å². The van der Waals surface area contributed by atoms with Gasteiger partial charge in [-0.25, -0.2) is 4.98 Å². The van der Waals surface area contributed by atoms with Crippen LogP contribution in [0.1, 0.15) is 32.6 Å². The van der Waals surface area contributed by atoms with Crippen LogP contribution in [0.2, 0.25) is 0 Å². The van der Waals surface area contributed by atoms with Gasteiger partial charge in [-0.15, -0.1) is 0 Å². The van der Waals surface area contributed by atoms with E-state index in [-0.39, 0.29) is 0 Å². The Hall–Kier alpha value is -2.59. The van der Waals surface area contributed by atoms with Crippen LogP contribution in [0.5, 0.6) is 5.75 Å². The maximum Gasteiger partial charge on any atom is 0.118 e. The lowest BCUT2D eigenvalue weighted by atomic mass is 9.99. The minimum Gasteiger partial charge on any atom is -0.497 e. The lowest BCUT2D eigenvalue weighted by Crippen LogP contribution is -2.41. The summed E-state index contributed by atoms with van der Waals surface area (Å²) in [4.78, 5) is 7.54. The number of fused-ring (bicyclic) bond motifs is 1. The van der Waals surface area contributed by atoms with Crippen LogP contribution in [-0.2, 0) is 0 Å². The first-order valence-corrected chi connectivity index (χ1v) is 11.1. The molecule has 1 fully saturated rings. The Kier molecular flexibility index (Phi) is 6.85. The number of pyridine rings is 1. The second-order valence-electron chi connectivity index (χ2n) is 8.07. The van der Waals surface area contributed by atoms with Crippen LogP contribution in [0.15, 0.2) is 54.6 Å². The molecule has 157 valence electrons. The largest absolute Gasteiger partial charge is 0.497 e. The SMILES string of the molecule is C[CH]CN1CCCCC1CCNc1cc(-c2ccc(OC)cc2)nc2ccccc12. The van der Waals surface area contributed by atoms with Gasteiger partial charge in [0.25, 0.3) is 0 Å². The van der Waals surface area contributed by atoms with Gasteiger partial charge in [0.05, 0.1) is 18.3 Å². The second-order valence-corrected chi connectivity index (χ2v) is 8.07. The van der Waals surface area contributed by atoms with Crippen LogP contribution in [0.3, 0.4) is 0 Å².